The summed E-state index contributed by atoms with van der Waals surface area (Å²) in [6, 6.07) is 3.99. The number of carbonyl (C=O) groups excluding carboxylic acids is 1. The Hall–Kier alpha value is -0.520. The highest BCUT2D eigenvalue weighted by Gasteiger charge is 2.21. The Balaban J connectivity index is 2.44. The Kier molecular flexibility index (Phi) is 5.49. The van der Waals surface area contributed by atoms with E-state index in [1.165, 1.54) is 0 Å². The molecule has 0 saturated heterocycles. The van der Waals surface area contributed by atoms with Gasteiger partial charge in [-0.3, -0.25) is 4.79 Å². The molecule has 0 unspecified atom stereocenters. The van der Waals surface area contributed by atoms with Gasteiger partial charge in [0.1, 0.15) is 0 Å². The predicted molar refractivity (Wildman–Crippen MR) is 73.6 cm³/mol. The molecule has 1 heterocycles. The molecule has 1 amide bonds. The van der Waals surface area contributed by atoms with E-state index in [1.54, 1.807) is 41.8 Å². The number of carbonyl (C=O) groups is 1. The van der Waals surface area contributed by atoms with Crippen molar-refractivity contribution >= 4 is 29.0 Å². The number of thioether (sulfide) groups is 1. The molecule has 0 aliphatic heterocycles. The van der Waals surface area contributed by atoms with E-state index in [0.717, 1.165) is 4.21 Å². The van der Waals surface area contributed by atoms with E-state index in [1.807, 2.05) is 24.4 Å². The molecule has 0 radical (unpaired) electrons. The molecule has 0 aliphatic rings. The fourth-order valence-electron chi connectivity index (χ4n) is 1.41. The first-order valence-corrected chi connectivity index (χ1v) is 7.45. The molecule has 0 atom stereocenters. The van der Waals surface area contributed by atoms with Gasteiger partial charge in [-0.1, -0.05) is 6.07 Å². The van der Waals surface area contributed by atoms with Crippen LogP contribution in [-0.4, -0.2) is 40.4 Å². The maximum absolute atomic E-state index is 11.9. The maximum atomic E-state index is 11.9. The molecule has 0 bridgehead atoms. The molecule has 0 spiro atoms. The molecule has 1 rings (SSSR count). The predicted octanol–water partition coefficient (Wildman–Crippen LogP) is 2.46. The third-order valence-electron chi connectivity index (χ3n) is 2.15. The number of nitrogens with zero attached hydrogens (tertiary/aromatic N) is 1. The summed E-state index contributed by atoms with van der Waals surface area (Å²) in [5, 5.41) is 11.7. The lowest BCUT2D eigenvalue weighted by atomic mass is 10.1. The quantitative estimate of drug-likeness (QED) is 0.809. The summed E-state index contributed by atoms with van der Waals surface area (Å²) in [5.41, 5.74) is -0.834. The summed E-state index contributed by atoms with van der Waals surface area (Å²) in [6.07, 6.45) is 0. The Morgan fingerprint density at radius 1 is 1.59 bits per heavy atom. The summed E-state index contributed by atoms with van der Waals surface area (Å²) < 4.78 is 1.15. The van der Waals surface area contributed by atoms with Gasteiger partial charge in [-0.05, 0) is 32.2 Å². The van der Waals surface area contributed by atoms with Crippen LogP contribution < -0.4 is 0 Å². The minimum Gasteiger partial charge on any atom is -0.389 e. The zero-order valence-corrected chi connectivity index (χ0v) is 12.1. The van der Waals surface area contributed by atoms with Crippen LogP contribution in [0.5, 0.6) is 0 Å². The second kappa shape index (κ2) is 6.42. The minimum atomic E-state index is -0.834. The largest absolute Gasteiger partial charge is 0.389 e. The average Bonchev–Trinajstić information content (AvgIpc) is 2.74. The second-order valence-electron chi connectivity index (χ2n) is 4.44. The summed E-state index contributed by atoms with van der Waals surface area (Å²) in [4.78, 5) is 13.6. The Bertz CT molecular complexity index is 344. The third kappa shape index (κ3) is 5.57. The van der Waals surface area contributed by atoms with Crippen LogP contribution in [0.3, 0.4) is 0 Å². The number of likely N-dealkylation sites (N-methyl/N-ethyl adjacent to an activating group) is 1. The topological polar surface area (TPSA) is 40.5 Å². The van der Waals surface area contributed by atoms with Crippen molar-refractivity contribution in [2.24, 2.45) is 0 Å². The van der Waals surface area contributed by atoms with Gasteiger partial charge in [-0.15, -0.1) is 23.1 Å². The fourth-order valence-corrected chi connectivity index (χ4v) is 3.10. The second-order valence-corrected chi connectivity index (χ2v) is 6.66. The summed E-state index contributed by atoms with van der Waals surface area (Å²) in [7, 11) is 0. The molecule has 0 aliphatic carbocycles. The van der Waals surface area contributed by atoms with Gasteiger partial charge >= 0.3 is 0 Å². The molecule has 5 heteroatoms. The van der Waals surface area contributed by atoms with E-state index in [4.69, 9.17) is 0 Å². The lowest BCUT2D eigenvalue weighted by Crippen LogP contribution is -2.42. The van der Waals surface area contributed by atoms with Crippen LogP contribution in [0.25, 0.3) is 0 Å². The highest BCUT2D eigenvalue weighted by molar-refractivity contribution is 8.01. The van der Waals surface area contributed by atoms with Crippen molar-refractivity contribution in [2.45, 2.75) is 30.6 Å². The smallest absolute Gasteiger partial charge is 0.233 e. The number of rotatable bonds is 6. The molecule has 96 valence electrons. The van der Waals surface area contributed by atoms with Crippen molar-refractivity contribution in [2.75, 3.05) is 18.8 Å². The van der Waals surface area contributed by atoms with Crippen LogP contribution >= 0.6 is 23.1 Å². The number of thiophene rings is 1. The highest BCUT2D eigenvalue weighted by Crippen LogP contribution is 2.23. The minimum absolute atomic E-state index is 0.0769. The number of hydrogen-bond acceptors (Lipinski definition) is 4. The van der Waals surface area contributed by atoms with Gasteiger partial charge in [-0.25, -0.2) is 0 Å². The van der Waals surface area contributed by atoms with Crippen LogP contribution in [0.2, 0.25) is 0 Å². The van der Waals surface area contributed by atoms with Crippen molar-refractivity contribution in [3.8, 4) is 0 Å². The van der Waals surface area contributed by atoms with Crippen molar-refractivity contribution in [1.29, 1.82) is 0 Å². The molecule has 17 heavy (non-hydrogen) atoms. The number of aliphatic hydroxyl groups is 1. The van der Waals surface area contributed by atoms with E-state index in [-0.39, 0.29) is 5.91 Å². The van der Waals surface area contributed by atoms with Gasteiger partial charge in [0.05, 0.1) is 15.6 Å². The summed E-state index contributed by atoms with van der Waals surface area (Å²) >= 11 is 3.19. The van der Waals surface area contributed by atoms with Gasteiger partial charge in [0.2, 0.25) is 5.91 Å². The van der Waals surface area contributed by atoms with Gasteiger partial charge in [0, 0.05) is 13.1 Å². The van der Waals surface area contributed by atoms with E-state index in [9.17, 15) is 9.90 Å². The Labute approximate surface area is 111 Å². The van der Waals surface area contributed by atoms with Crippen molar-refractivity contribution in [1.82, 2.24) is 4.90 Å². The number of hydrogen-bond donors (Lipinski definition) is 1. The molecule has 0 fully saturated rings. The normalized spacial score (nSPS) is 11.5. The third-order valence-corrected chi connectivity index (χ3v) is 4.26. The first kappa shape index (κ1) is 14.5. The van der Waals surface area contributed by atoms with Crippen molar-refractivity contribution in [3.63, 3.8) is 0 Å². The zero-order chi connectivity index (χ0) is 12.9. The van der Waals surface area contributed by atoms with Gasteiger partial charge < -0.3 is 10.0 Å². The molecule has 3 nitrogen and oxygen atoms in total. The van der Waals surface area contributed by atoms with Crippen LogP contribution in [-0.2, 0) is 4.79 Å². The SMILES string of the molecule is CCN(CC(C)(C)O)C(=O)CSc1cccs1. The van der Waals surface area contributed by atoms with Crippen LogP contribution in [0.1, 0.15) is 20.8 Å². The molecular formula is C12H19NO2S2. The van der Waals surface area contributed by atoms with Crippen LogP contribution in [0, 0.1) is 0 Å². The molecular weight excluding hydrogens is 254 g/mol. The van der Waals surface area contributed by atoms with Gasteiger partial charge in [0.25, 0.3) is 0 Å². The Morgan fingerprint density at radius 3 is 2.76 bits per heavy atom. The van der Waals surface area contributed by atoms with Gasteiger partial charge in [-0.2, -0.15) is 0 Å². The average molecular weight is 273 g/mol. The van der Waals surface area contributed by atoms with Crippen molar-refractivity contribution in [3.05, 3.63) is 17.5 Å². The molecule has 1 aromatic heterocycles. The van der Waals surface area contributed by atoms with E-state index in [0.29, 0.717) is 18.8 Å². The maximum Gasteiger partial charge on any atom is 0.233 e. The lowest BCUT2D eigenvalue weighted by Gasteiger charge is -2.28. The first-order chi connectivity index (χ1) is 7.92. The summed E-state index contributed by atoms with van der Waals surface area (Å²) in [6.45, 7) is 6.38. The molecule has 1 aromatic rings. The lowest BCUT2D eigenvalue weighted by molar-refractivity contribution is -0.131. The van der Waals surface area contributed by atoms with E-state index in [2.05, 4.69) is 0 Å². The molecule has 0 aromatic carbocycles. The van der Waals surface area contributed by atoms with Gasteiger partial charge in [0.15, 0.2) is 0 Å². The number of amides is 1. The van der Waals surface area contributed by atoms with Crippen molar-refractivity contribution < 1.29 is 9.90 Å². The summed E-state index contributed by atoms with van der Waals surface area (Å²) in [5.74, 6) is 0.512. The zero-order valence-electron chi connectivity index (χ0n) is 10.5. The first-order valence-electron chi connectivity index (χ1n) is 5.59. The molecule has 0 saturated carbocycles. The standard InChI is InChI=1S/C12H19NO2S2/c1-4-13(9-12(2,3)15)10(14)8-17-11-6-5-7-16-11/h5-7,15H,4,8-9H2,1-3H3. The van der Waals surface area contributed by atoms with Crippen LogP contribution in [0.4, 0.5) is 0 Å². The highest BCUT2D eigenvalue weighted by atomic mass is 32.2. The molecule has 1 N–H and O–H groups in total. The van der Waals surface area contributed by atoms with E-state index < -0.39 is 5.60 Å². The monoisotopic (exact) mass is 273 g/mol. The van der Waals surface area contributed by atoms with Crippen LogP contribution in [0.15, 0.2) is 21.7 Å². The van der Waals surface area contributed by atoms with E-state index >= 15 is 0 Å². The Morgan fingerprint density at radius 2 is 2.29 bits per heavy atom. The fraction of sp³-hybridized carbons (Fsp3) is 0.583.